The number of rotatable bonds is 2. The van der Waals surface area contributed by atoms with Crippen LogP contribution in [0, 0.1) is 12.7 Å². The van der Waals surface area contributed by atoms with Gasteiger partial charge in [-0.15, -0.1) is 0 Å². The molecule has 2 aromatic carbocycles. The molecule has 0 bridgehead atoms. The van der Waals surface area contributed by atoms with E-state index >= 15 is 0 Å². The molecule has 0 saturated carbocycles. The first kappa shape index (κ1) is 17.0. The standard InChI is InChI=1S/C19H19FN2O3/c1-12-5-3-4-6-16(12)21-18(23)17-15-11-14(20)8-7-13(15)9-10-22(17)19(24)25-2/h3-8,11,17H,9-10H2,1-2H3,(H,21,23)/t17-/m1/s1. The van der Waals surface area contributed by atoms with Gasteiger partial charge in [0.2, 0.25) is 0 Å². The molecule has 1 aliphatic rings. The number of hydrogen-bond donors (Lipinski definition) is 1. The fourth-order valence-electron chi connectivity index (χ4n) is 3.10. The highest BCUT2D eigenvalue weighted by atomic mass is 19.1. The predicted molar refractivity (Wildman–Crippen MR) is 91.8 cm³/mol. The summed E-state index contributed by atoms with van der Waals surface area (Å²) in [6.45, 7) is 2.21. The number of amides is 2. The number of halogens is 1. The van der Waals surface area contributed by atoms with Crippen molar-refractivity contribution in [1.82, 2.24) is 4.90 Å². The van der Waals surface area contributed by atoms with Gasteiger partial charge in [-0.25, -0.2) is 9.18 Å². The molecular formula is C19H19FN2O3. The van der Waals surface area contributed by atoms with E-state index in [1.54, 1.807) is 12.1 Å². The third kappa shape index (κ3) is 3.33. The third-order valence-electron chi connectivity index (χ3n) is 4.40. The molecule has 1 atom stereocenters. The number of benzene rings is 2. The highest BCUT2D eigenvalue weighted by Crippen LogP contribution is 2.32. The van der Waals surface area contributed by atoms with E-state index in [4.69, 9.17) is 4.74 Å². The molecular weight excluding hydrogens is 323 g/mol. The van der Waals surface area contributed by atoms with E-state index in [0.29, 0.717) is 24.2 Å². The van der Waals surface area contributed by atoms with Gasteiger partial charge in [-0.2, -0.15) is 0 Å². The number of carbonyl (C=O) groups is 2. The van der Waals surface area contributed by atoms with Gasteiger partial charge in [0.1, 0.15) is 11.9 Å². The molecule has 1 N–H and O–H groups in total. The number of anilines is 1. The fourth-order valence-corrected chi connectivity index (χ4v) is 3.10. The zero-order chi connectivity index (χ0) is 18.0. The molecule has 0 fully saturated rings. The van der Waals surface area contributed by atoms with E-state index in [1.807, 2.05) is 25.1 Å². The lowest BCUT2D eigenvalue weighted by Crippen LogP contribution is -2.45. The predicted octanol–water partition coefficient (Wildman–Crippen LogP) is 3.44. The molecule has 0 saturated heterocycles. The van der Waals surface area contributed by atoms with Gasteiger partial charge in [0.25, 0.3) is 5.91 Å². The normalized spacial score (nSPS) is 16.1. The first-order chi connectivity index (χ1) is 12.0. The van der Waals surface area contributed by atoms with Crippen LogP contribution in [0.25, 0.3) is 0 Å². The van der Waals surface area contributed by atoms with Gasteiger partial charge in [-0.1, -0.05) is 24.3 Å². The number of hydrogen-bond acceptors (Lipinski definition) is 3. The van der Waals surface area contributed by atoms with E-state index in [0.717, 1.165) is 11.1 Å². The lowest BCUT2D eigenvalue weighted by atomic mass is 9.92. The zero-order valence-corrected chi connectivity index (χ0v) is 14.1. The Hall–Kier alpha value is -2.89. The fraction of sp³-hybridized carbons (Fsp3) is 0.263. The number of aryl methyl sites for hydroxylation is 1. The summed E-state index contributed by atoms with van der Waals surface area (Å²) in [5.74, 6) is -0.842. The molecule has 6 heteroatoms. The molecule has 5 nitrogen and oxygen atoms in total. The Morgan fingerprint density at radius 3 is 2.72 bits per heavy atom. The summed E-state index contributed by atoms with van der Waals surface area (Å²) in [5, 5.41) is 2.84. The first-order valence-corrected chi connectivity index (χ1v) is 8.00. The molecule has 1 aliphatic heterocycles. The van der Waals surface area contributed by atoms with E-state index < -0.39 is 23.9 Å². The van der Waals surface area contributed by atoms with Crippen LogP contribution >= 0.6 is 0 Å². The summed E-state index contributed by atoms with van der Waals surface area (Å²) in [5.41, 5.74) is 2.89. The Morgan fingerprint density at radius 1 is 1.24 bits per heavy atom. The molecule has 2 aromatic rings. The zero-order valence-electron chi connectivity index (χ0n) is 14.1. The van der Waals surface area contributed by atoms with Crippen molar-refractivity contribution in [3.8, 4) is 0 Å². The summed E-state index contributed by atoms with van der Waals surface area (Å²) in [4.78, 5) is 26.4. The highest BCUT2D eigenvalue weighted by molar-refractivity contribution is 5.98. The molecule has 1 heterocycles. The van der Waals surface area contributed by atoms with E-state index in [9.17, 15) is 14.0 Å². The van der Waals surface area contributed by atoms with E-state index in [1.165, 1.54) is 24.1 Å². The van der Waals surface area contributed by atoms with Gasteiger partial charge in [0, 0.05) is 12.2 Å². The maximum absolute atomic E-state index is 13.8. The number of nitrogens with one attached hydrogen (secondary N) is 1. The van der Waals surface area contributed by atoms with Crippen LogP contribution in [-0.4, -0.2) is 30.6 Å². The van der Waals surface area contributed by atoms with Crippen LogP contribution in [0.3, 0.4) is 0 Å². The minimum atomic E-state index is -0.938. The molecule has 0 radical (unpaired) electrons. The van der Waals surface area contributed by atoms with Crippen molar-refractivity contribution < 1.29 is 18.7 Å². The minimum Gasteiger partial charge on any atom is -0.453 e. The smallest absolute Gasteiger partial charge is 0.410 e. The Labute approximate surface area is 145 Å². The molecule has 2 amide bonds. The van der Waals surface area contributed by atoms with Gasteiger partial charge in [0.05, 0.1) is 7.11 Å². The van der Waals surface area contributed by atoms with Gasteiger partial charge in [-0.3, -0.25) is 9.69 Å². The van der Waals surface area contributed by atoms with E-state index in [2.05, 4.69) is 5.32 Å². The van der Waals surface area contributed by atoms with Crippen molar-refractivity contribution in [2.75, 3.05) is 19.0 Å². The summed E-state index contributed by atoms with van der Waals surface area (Å²) in [6, 6.07) is 10.7. The number of ether oxygens (including phenoxy) is 1. The van der Waals surface area contributed by atoms with Crippen molar-refractivity contribution in [2.45, 2.75) is 19.4 Å². The molecule has 25 heavy (non-hydrogen) atoms. The Balaban J connectivity index is 1.99. The summed E-state index contributed by atoms with van der Waals surface area (Å²) in [6.07, 6.45) is -0.0707. The summed E-state index contributed by atoms with van der Waals surface area (Å²) < 4.78 is 18.6. The molecule has 130 valence electrons. The van der Waals surface area contributed by atoms with Crippen molar-refractivity contribution in [2.24, 2.45) is 0 Å². The van der Waals surface area contributed by atoms with Crippen LogP contribution < -0.4 is 5.32 Å². The lowest BCUT2D eigenvalue weighted by molar-refractivity contribution is -0.121. The third-order valence-corrected chi connectivity index (χ3v) is 4.40. The van der Waals surface area contributed by atoms with E-state index in [-0.39, 0.29) is 0 Å². The van der Waals surface area contributed by atoms with Crippen molar-refractivity contribution in [1.29, 1.82) is 0 Å². The second-order valence-electron chi connectivity index (χ2n) is 5.96. The highest BCUT2D eigenvalue weighted by Gasteiger charge is 2.37. The number of para-hydroxylation sites is 1. The molecule has 0 aromatic heterocycles. The number of nitrogens with zero attached hydrogens (tertiary/aromatic N) is 1. The maximum Gasteiger partial charge on any atom is 0.410 e. The average Bonchev–Trinajstić information content (AvgIpc) is 2.61. The van der Waals surface area contributed by atoms with Crippen molar-refractivity contribution in [3.63, 3.8) is 0 Å². The SMILES string of the molecule is COC(=O)N1CCc2ccc(F)cc2[C@@H]1C(=O)Nc1ccccc1C. The largest absolute Gasteiger partial charge is 0.453 e. The average molecular weight is 342 g/mol. The Morgan fingerprint density at radius 2 is 2.00 bits per heavy atom. The summed E-state index contributed by atoms with van der Waals surface area (Å²) >= 11 is 0. The Kier molecular flexibility index (Phi) is 4.70. The van der Waals surface area contributed by atoms with Crippen molar-refractivity contribution >= 4 is 17.7 Å². The number of carbonyl (C=O) groups excluding carboxylic acids is 2. The quantitative estimate of drug-likeness (QED) is 0.909. The lowest BCUT2D eigenvalue weighted by Gasteiger charge is -2.35. The van der Waals surface area contributed by atoms with Gasteiger partial charge >= 0.3 is 6.09 Å². The van der Waals surface area contributed by atoms with Crippen LogP contribution in [0.1, 0.15) is 22.7 Å². The summed E-state index contributed by atoms with van der Waals surface area (Å²) in [7, 11) is 1.26. The maximum atomic E-state index is 13.8. The van der Waals surface area contributed by atoms with Crippen molar-refractivity contribution in [3.05, 3.63) is 65.0 Å². The topological polar surface area (TPSA) is 58.6 Å². The van der Waals surface area contributed by atoms with Crippen LogP contribution in [0.2, 0.25) is 0 Å². The van der Waals surface area contributed by atoms with Crippen LogP contribution in [0.15, 0.2) is 42.5 Å². The molecule has 3 rings (SSSR count). The molecule has 0 unspecified atom stereocenters. The van der Waals surface area contributed by atoms with Gasteiger partial charge < -0.3 is 10.1 Å². The Bertz CT molecular complexity index is 822. The molecule has 0 aliphatic carbocycles. The second kappa shape index (κ2) is 6.93. The first-order valence-electron chi connectivity index (χ1n) is 8.00. The van der Waals surface area contributed by atoms with Crippen LogP contribution in [0.5, 0.6) is 0 Å². The molecule has 0 spiro atoms. The van der Waals surface area contributed by atoms with Gasteiger partial charge in [-0.05, 0) is 48.2 Å². The minimum absolute atomic E-state index is 0.331. The van der Waals surface area contributed by atoms with Gasteiger partial charge in [0.15, 0.2) is 0 Å². The number of methoxy groups -OCH3 is 1. The second-order valence-corrected chi connectivity index (χ2v) is 5.96. The monoisotopic (exact) mass is 342 g/mol. The van der Waals surface area contributed by atoms with Crippen LogP contribution in [-0.2, 0) is 16.0 Å². The van der Waals surface area contributed by atoms with Crippen LogP contribution in [0.4, 0.5) is 14.9 Å². The number of fused-ring (bicyclic) bond motifs is 1.